The Morgan fingerprint density at radius 2 is 1.78 bits per heavy atom. The zero-order chi connectivity index (χ0) is 34.7. The van der Waals surface area contributed by atoms with Crippen molar-refractivity contribution in [2.75, 3.05) is 67.2 Å². The van der Waals surface area contributed by atoms with Crippen LogP contribution in [0.1, 0.15) is 102 Å². The molecule has 0 aliphatic carbocycles. The van der Waals surface area contributed by atoms with E-state index in [0.717, 1.165) is 56.2 Å². The number of quaternary nitrogens is 1. The lowest BCUT2D eigenvalue weighted by Gasteiger charge is -2.21. The number of carboxylic acid groups (broad SMARTS) is 1. The number of carbonyl (C=O) groups is 2. The standard InChI is InChI=1S/C23H32N2O2.C9H21N.C3H9N.C2H4O2S/c1-18(16-24-2)6-4-3-5-7-22-15-21(17-25(22)11-12-26)19-8-9-23-20(14-19)10-13-27-23;1-4-6-8-10(3)9-7-5-2;1-4(2)3;1-5-2(3)4/h8-9,12,14,16,21-22H,2-7,10-11,13,15,17H2,1H3;4-9H2,1-3H3;1-3H3;1H3,(H,3,4)/p+1/b18-16-;;;. The minimum absolute atomic E-state index is 0.524. The van der Waals surface area contributed by atoms with Gasteiger partial charge in [-0.3, -0.25) is 9.89 Å². The molecule has 3 rings (SSSR count). The van der Waals surface area contributed by atoms with Crippen molar-refractivity contribution in [1.82, 2.24) is 9.80 Å². The van der Waals surface area contributed by atoms with Gasteiger partial charge in [-0.05, 0) is 113 Å². The maximum Gasteiger partial charge on any atom is 0.364 e. The van der Waals surface area contributed by atoms with E-state index < -0.39 is 5.30 Å². The lowest BCUT2D eigenvalue weighted by Crippen LogP contribution is -3.02. The second-order valence-electron chi connectivity index (χ2n) is 12.9. The molecule has 2 heterocycles. The van der Waals surface area contributed by atoms with Gasteiger partial charge in [-0.15, -0.1) is 0 Å². The Kier molecular flexibility index (Phi) is 26.5. The zero-order valence-corrected chi connectivity index (χ0v) is 31.3. The average Bonchev–Trinajstić information content (AvgIpc) is 3.66. The van der Waals surface area contributed by atoms with E-state index in [-0.39, 0.29) is 0 Å². The summed E-state index contributed by atoms with van der Waals surface area (Å²) in [6, 6.07) is 7.20. The topological polar surface area (TPSA) is 86.9 Å². The molecule has 0 aromatic heterocycles. The highest BCUT2D eigenvalue weighted by Crippen LogP contribution is 2.36. The second-order valence-corrected chi connectivity index (χ2v) is 13.7. The number of fused-ring (bicyclic) bond motifs is 1. The number of nitrogens with one attached hydrogen (secondary N) is 1. The first-order valence-electron chi connectivity index (χ1n) is 17.3. The minimum atomic E-state index is -0.829. The predicted molar refractivity (Wildman–Crippen MR) is 198 cm³/mol. The fourth-order valence-electron chi connectivity index (χ4n) is 5.45. The van der Waals surface area contributed by atoms with Gasteiger partial charge in [0.05, 0.1) is 34.3 Å². The summed E-state index contributed by atoms with van der Waals surface area (Å²) in [6.45, 7) is 15.0. The molecule has 0 saturated carbocycles. The number of thioether (sulfide) groups is 1. The lowest BCUT2D eigenvalue weighted by atomic mass is 9.93. The normalized spacial score (nSPS) is 17.1. The largest absolute Gasteiger partial charge is 0.493 e. The van der Waals surface area contributed by atoms with Crippen LogP contribution in [0.5, 0.6) is 5.75 Å². The molecule has 9 heteroatoms. The highest BCUT2D eigenvalue weighted by Gasteiger charge is 2.32. The van der Waals surface area contributed by atoms with Crippen LogP contribution in [0.4, 0.5) is 4.79 Å². The first-order valence-corrected chi connectivity index (χ1v) is 18.5. The van der Waals surface area contributed by atoms with Gasteiger partial charge in [0, 0.05) is 25.2 Å². The number of rotatable bonds is 16. The molecule has 8 nitrogen and oxygen atoms in total. The number of aldehydes is 1. The van der Waals surface area contributed by atoms with Gasteiger partial charge in [0.2, 0.25) is 0 Å². The number of likely N-dealkylation sites (tertiary alicyclic amines) is 1. The first kappa shape index (κ1) is 43.8. The van der Waals surface area contributed by atoms with Crippen LogP contribution in [0, 0.1) is 0 Å². The Morgan fingerprint density at radius 3 is 2.33 bits per heavy atom. The van der Waals surface area contributed by atoms with Crippen molar-refractivity contribution in [3.05, 3.63) is 41.1 Å². The minimum Gasteiger partial charge on any atom is -0.493 e. The van der Waals surface area contributed by atoms with E-state index in [1.807, 2.05) is 6.20 Å². The highest BCUT2D eigenvalue weighted by atomic mass is 32.2. The molecule has 0 radical (unpaired) electrons. The number of carbonyl (C=O) groups excluding carboxylic acids is 1. The molecule has 2 unspecified atom stereocenters. The van der Waals surface area contributed by atoms with Crippen LogP contribution in [-0.2, 0) is 11.2 Å². The molecule has 1 aromatic rings. The highest BCUT2D eigenvalue weighted by molar-refractivity contribution is 8.12. The van der Waals surface area contributed by atoms with E-state index in [2.05, 4.69) is 88.7 Å². The van der Waals surface area contributed by atoms with Gasteiger partial charge < -0.3 is 24.4 Å². The fourth-order valence-corrected chi connectivity index (χ4v) is 5.45. The van der Waals surface area contributed by atoms with Crippen LogP contribution in [0.3, 0.4) is 0 Å². The average molecular weight is 664 g/mol. The van der Waals surface area contributed by atoms with E-state index in [1.54, 1.807) is 0 Å². The zero-order valence-electron chi connectivity index (χ0n) is 30.5. The third-order valence-electron chi connectivity index (χ3n) is 7.90. The van der Waals surface area contributed by atoms with E-state index in [1.165, 1.54) is 92.3 Å². The molecule has 0 amide bonds. The molecule has 2 atom stereocenters. The van der Waals surface area contributed by atoms with Crippen molar-refractivity contribution in [3.8, 4) is 5.75 Å². The molecule has 2 aliphatic heterocycles. The van der Waals surface area contributed by atoms with Crippen LogP contribution >= 0.6 is 11.8 Å². The number of unbranched alkanes of at least 4 members (excludes halogenated alkanes) is 4. The van der Waals surface area contributed by atoms with Crippen LogP contribution in [-0.4, -0.2) is 106 Å². The van der Waals surface area contributed by atoms with Crippen LogP contribution in [0.2, 0.25) is 0 Å². The summed E-state index contributed by atoms with van der Waals surface area (Å²) in [7, 11) is 8.46. The molecule has 1 aromatic carbocycles. The SMILES string of the molecule is C=N/C=C(/C)CCCCCC1CC(c2ccc3c(c2)CCO3)CN1CC=O.CCCCN(C)CCCC.CSC(=O)O.C[NH+](C)C. The van der Waals surface area contributed by atoms with Gasteiger partial charge in [0.15, 0.2) is 0 Å². The Balaban J connectivity index is 0.000000875. The van der Waals surface area contributed by atoms with E-state index in [4.69, 9.17) is 9.84 Å². The quantitative estimate of drug-likeness (QED) is 0.114. The number of aliphatic imine (C=N–C) groups is 1. The number of hydrogen-bond donors (Lipinski definition) is 2. The van der Waals surface area contributed by atoms with E-state index in [0.29, 0.717) is 18.5 Å². The molecule has 1 saturated heterocycles. The number of benzene rings is 1. The third kappa shape index (κ3) is 21.6. The Labute approximate surface area is 286 Å². The summed E-state index contributed by atoms with van der Waals surface area (Å²) in [6.07, 6.45) is 17.9. The van der Waals surface area contributed by atoms with Gasteiger partial charge >= 0.3 is 5.30 Å². The Morgan fingerprint density at radius 1 is 1.15 bits per heavy atom. The molecule has 2 N–H and O–H groups in total. The summed E-state index contributed by atoms with van der Waals surface area (Å²) in [5, 5.41) is 6.86. The van der Waals surface area contributed by atoms with Gasteiger partial charge in [0.25, 0.3) is 0 Å². The van der Waals surface area contributed by atoms with Crippen molar-refractivity contribution in [2.45, 2.75) is 103 Å². The fraction of sp³-hybridized carbons (Fsp3) is 0.703. The predicted octanol–water partition coefficient (Wildman–Crippen LogP) is 6.84. The van der Waals surface area contributed by atoms with Crippen molar-refractivity contribution in [2.24, 2.45) is 4.99 Å². The molecular formula is C37H67N4O4S+. The van der Waals surface area contributed by atoms with E-state index >= 15 is 0 Å². The van der Waals surface area contributed by atoms with Crippen molar-refractivity contribution in [3.63, 3.8) is 0 Å². The second kappa shape index (κ2) is 27.9. The summed E-state index contributed by atoms with van der Waals surface area (Å²) >= 11 is 0.796. The van der Waals surface area contributed by atoms with E-state index in [9.17, 15) is 9.59 Å². The van der Waals surface area contributed by atoms with Crippen LogP contribution in [0.25, 0.3) is 0 Å². The smallest absolute Gasteiger partial charge is 0.364 e. The summed E-state index contributed by atoms with van der Waals surface area (Å²) in [4.78, 5) is 30.5. The lowest BCUT2D eigenvalue weighted by molar-refractivity contribution is -0.836. The number of allylic oxidation sites excluding steroid dienone is 1. The maximum atomic E-state index is 11.1. The molecule has 2 aliphatic rings. The van der Waals surface area contributed by atoms with Gasteiger partial charge in [-0.1, -0.05) is 57.2 Å². The van der Waals surface area contributed by atoms with Crippen LogP contribution < -0.4 is 9.64 Å². The molecule has 1 fully saturated rings. The maximum absolute atomic E-state index is 11.1. The number of ether oxygens (including phenoxy) is 1. The van der Waals surface area contributed by atoms with Crippen molar-refractivity contribution >= 4 is 30.1 Å². The molecular weight excluding hydrogens is 596 g/mol. The molecule has 0 spiro atoms. The monoisotopic (exact) mass is 663 g/mol. The molecule has 0 bridgehead atoms. The molecule has 264 valence electrons. The third-order valence-corrected chi connectivity index (χ3v) is 8.25. The summed E-state index contributed by atoms with van der Waals surface area (Å²) in [5.74, 6) is 1.58. The summed E-state index contributed by atoms with van der Waals surface area (Å²) in [5.41, 5.74) is 4.06. The Bertz CT molecular complexity index is 977. The first-order chi connectivity index (χ1) is 22.0. The van der Waals surface area contributed by atoms with Crippen LogP contribution in [0.15, 0.2) is 35.0 Å². The van der Waals surface area contributed by atoms with Crippen molar-refractivity contribution < 1.29 is 24.3 Å². The number of nitrogens with zero attached hydrogens (tertiary/aromatic N) is 3. The van der Waals surface area contributed by atoms with Crippen molar-refractivity contribution in [1.29, 1.82) is 0 Å². The molecule has 46 heavy (non-hydrogen) atoms. The number of hydrogen-bond acceptors (Lipinski definition) is 7. The van der Waals surface area contributed by atoms with Gasteiger partial charge in [-0.25, -0.2) is 4.79 Å². The Hall–Kier alpha value is -2.20. The van der Waals surface area contributed by atoms with Gasteiger partial charge in [-0.2, -0.15) is 0 Å². The summed E-state index contributed by atoms with van der Waals surface area (Å²) < 4.78 is 5.63. The van der Waals surface area contributed by atoms with Gasteiger partial charge in [0.1, 0.15) is 12.0 Å².